The van der Waals surface area contributed by atoms with Gasteiger partial charge in [0.2, 0.25) is 0 Å². The number of carbonyl (C=O) groups excluding carboxylic acids is 1. The molecule has 0 bridgehead atoms. The summed E-state index contributed by atoms with van der Waals surface area (Å²) in [4.78, 5) is 11.7. The van der Waals surface area contributed by atoms with E-state index in [0.717, 1.165) is 24.5 Å². The summed E-state index contributed by atoms with van der Waals surface area (Å²) in [5.74, 6) is -0.408. The molecule has 158 valence electrons. The van der Waals surface area contributed by atoms with Crippen molar-refractivity contribution in [2.75, 3.05) is 14.2 Å². The summed E-state index contributed by atoms with van der Waals surface area (Å²) in [6.45, 7) is 2.17. The Labute approximate surface area is 169 Å². The second-order valence-corrected chi connectivity index (χ2v) is 6.91. The third-order valence-corrected chi connectivity index (χ3v) is 4.52. The lowest BCUT2D eigenvalue weighted by Crippen LogP contribution is -2.17. The first-order valence-electron chi connectivity index (χ1n) is 9.32. The number of methoxy groups -OCH3 is 2. The lowest BCUT2D eigenvalue weighted by Gasteiger charge is -2.15. The second-order valence-electron chi connectivity index (χ2n) is 6.91. The number of esters is 1. The standard InChI is InChI=1S/C22H26F3NO3/c1-15(11-16(5-4-10-28-2)12-21(27)29-3)20-9-6-18(22(23,24)25)13-17(20)14-26-19-7-8-19/h4-6,9-11,13,19,26H,7-8,12,14H2,1-3H3/b10-4+,15-11+,16-5+. The van der Waals surface area contributed by atoms with Crippen molar-refractivity contribution in [3.63, 3.8) is 0 Å². The molecule has 0 atom stereocenters. The van der Waals surface area contributed by atoms with E-state index >= 15 is 0 Å². The van der Waals surface area contributed by atoms with E-state index in [1.165, 1.54) is 32.6 Å². The number of rotatable bonds is 9. The largest absolute Gasteiger partial charge is 0.504 e. The van der Waals surface area contributed by atoms with Gasteiger partial charge < -0.3 is 14.8 Å². The molecule has 0 unspecified atom stereocenters. The number of nitrogens with one attached hydrogen (secondary N) is 1. The van der Waals surface area contributed by atoms with Gasteiger partial charge in [0.15, 0.2) is 0 Å². The number of alkyl halides is 3. The van der Waals surface area contributed by atoms with Crippen molar-refractivity contribution in [1.29, 1.82) is 0 Å². The maximum absolute atomic E-state index is 13.2. The van der Waals surface area contributed by atoms with E-state index in [2.05, 4.69) is 5.32 Å². The van der Waals surface area contributed by atoms with Crippen molar-refractivity contribution < 1.29 is 27.4 Å². The molecular formula is C22H26F3NO3. The number of allylic oxidation sites excluding steroid dienone is 4. The van der Waals surface area contributed by atoms with E-state index in [1.807, 2.05) is 6.92 Å². The van der Waals surface area contributed by atoms with Gasteiger partial charge in [-0.25, -0.2) is 0 Å². The third kappa shape index (κ3) is 7.42. The highest BCUT2D eigenvalue weighted by Gasteiger charge is 2.31. The van der Waals surface area contributed by atoms with Crippen LogP contribution in [0.15, 0.2) is 48.3 Å². The molecule has 1 aromatic rings. The number of hydrogen-bond acceptors (Lipinski definition) is 4. The van der Waals surface area contributed by atoms with Crippen LogP contribution in [0.25, 0.3) is 5.57 Å². The molecule has 0 amide bonds. The lowest BCUT2D eigenvalue weighted by molar-refractivity contribution is -0.140. The predicted molar refractivity (Wildman–Crippen MR) is 106 cm³/mol. The van der Waals surface area contributed by atoms with Crippen molar-refractivity contribution in [1.82, 2.24) is 5.32 Å². The summed E-state index contributed by atoms with van der Waals surface area (Å²) in [7, 11) is 2.81. The number of ether oxygens (including phenoxy) is 2. The molecular weight excluding hydrogens is 383 g/mol. The summed E-state index contributed by atoms with van der Waals surface area (Å²) in [6, 6.07) is 4.13. The van der Waals surface area contributed by atoms with Crippen LogP contribution in [0, 0.1) is 0 Å². The molecule has 2 rings (SSSR count). The number of carbonyl (C=O) groups is 1. The van der Waals surface area contributed by atoms with E-state index in [4.69, 9.17) is 9.47 Å². The second kappa shape index (κ2) is 10.3. The molecule has 0 heterocycles. The maximum Gasteiger partial charge on any atom is 0.416 e. The molecule has 29 heavy (non-hydrogen) atoms. The fraction of sp³-hybridized carbons (Fsp3) is 0.409. The molecule has 0 aromatic heterocycles. The predicted octanol–water partition coefficient (Wildman–Crippen LogP) is 5.01. The van der Waals surface area contributed by atoms with Gasteiger partial charge in [-0.1, -0.05) is 18.2 Å². The Kier molecular flexibility index (Phi) is 8.08. The fourth-order valence-corrected chi connectivity index (χ4v) is 2.84. The highest BCUT2D eigenvalue weighted by Crippen LogP contribution is 2.33. The summed E-state index contributed by atoms with van der Waals surface area (Å²) in [6.07, 6.45) is 4.32. The van der Waals surface area contributed by atoms with E-state index in [1.54, 1.807) is 18.2 Å². The van der Waals surface area contributed by atoms with Gasteiger partial charge in [-0.3, -0.25) is 4.79 Å². The van der Waals surface area contributed by atoms with Crippen LogP contribution < -0.4 is 5.32 Å². The maximum atomic E-state index is 13.2. The lowest BCUT2D eigenvalue weighted by atomic mass is 9.95. The Morgan fingerprint density at radius 2 is 2.00 bits per heavy atom. The minimum Gasteiger partial charge on any atom is -0.504 e. The summed E-state index contributed by atoms with van der Waals surface area (Å²) in [5.41, 5.74) is 2.02. The molecule has 1 N–H and O–H groups in total. The normalized spacial score (nSPS) is 15.7. The first-order chi connectivity index (χ1) is 13.7. The fourth-order valence-electron chi connectivity index (χ4n) is 2.84. The average Bonchev–Trinajstić information content (AvgIpc) is 3.49. The van der Waals surface area contributed by atoms with Gasteiger partial charge in [0.1, 0.15) is 0 Å². The molecule has 1 fully saturated rings. The highest BCUT2D eigenvalue weighted by molar-refractivity contribution is 5.76. The third-order valence-electron chi connectivity index (χ3n) is 4.52. The molecule has 0 radical (unpaired) electrons. The van der Waals surface area contributed by atoms with Crippen LogP contribution >= 0.6 is 0 Å². The van der Waals surface area contributed by atoms with Crippen LogP contribution in [0.4, 0.5) is 13.2 Å². The molecule has 1 aliphatic carbocycles. The van der Waals surface area contributed by atoms with Crippen molar-refractivity contribution in [2.45, 2.75) is 44.9 Å². The minimum atomic E-state index is -4.40. The Balaban J connectivity index is 2.37. The minimum absolute atomic E-state index is 0.0399. The van der Waals surface area contributed by atoms with Crippen molar-refractivity contribution in [2.24, 2.45) is 0 Å². The molecule has 0 saturated heterocycles. The number of hydrogen-bond donors (Lipinski definition) is 1. The quantitative estimate of drug-likeness (QED) is 0.354. The Morgan fingerprint density at radius 3 is 2.59 bits per heavy atom. The van der Waals surface area contributed by atoms with Crippen molar-refractivity contribution >= 4 is 11.5 Å². The Bertz CT molecular complexity index is 806. The first kappa shape index (κ1) is 22.7. The monoisotopic (exact) mass is 409 g/mol. The van der Waals surface area contributed by atoms with Crippen molar-refractivity contribution in [3.05, 3.63) is 65.0 Å². The van der Waals surface area contributed by atoms with Crippen LogP contribution in [-0.2, 0) is 27.0 Å². The van der Waals surface area contributed by atoms with Gasteiger partial charge in [-0.2, -0.15) is 13.2 Å². The van der Waals surface area contributed by atoms with Crippen molar-refractivity contribution in [3.8, 4) is 0 Å². The smallest absolute Gasteiger partial charge is 0.416 e. The van der Waals surface area contributed by atoms with Crippen LogP contribution in [0.5, 0.6) is 0 Å². The summed E-state index contributed by atoms with van der Waals surface area (Å²) in [5, 5.41) is 3.27. The van der Waals surface area contributed by atoms with Gasteiger partial charge in [-0.15, -0.1) is 0 Å². The zero-order chi connectivity index (χ0) is 21.4. The Hall–Kier alpha value is -2.54. The van der Waals surface area contributed by atoms with E-state index < -0.39 is 17.7 Å². The zero-order valence-corrected chi connectivity index (χ0v) is 16.8. The van der Waals surface area contributed by atoms with Crippen LogP contribution in [0.3, 0.4) is 0 Å². The van der Waals surface area contributed by atoms with Gasteiger partial charge in [-0.05, 0) is 60.2 Å². The summed E-state index contributed by atoms with van der Waals surface area (Å²) >= 11 is 0. The van der Waals surface area contributed by atoms with Gasteiger partial charge in [0.25, 0.3) is 0 Å². The molecule has 1 aliphatic rings. The SMILES string of the molecule is CO/C=C/C=C(\C=C(/C)c1ccc(C(F)(F)F)cc1CNC1CC1)CC(=O)OC. The summed E-state index contributed by atoms with van der Waals surface area (Å²) < 4.78 is 49.1. The molecule has 1 saturated carbocycles. The van der Waals surface area contributed by atoms with Crippen LogP contribution in [-0.4, -0.2) is 26.2 Å². The molecule has 0 spiro atoms. The zero-order valence-electron chi connectivity index (χ0n) is 16.8. The van der Waals surface area contributed by atoms with Crippen LogP contribution in [0.1, 0.15) is 42.9 Å². The van der Waals surface area contributed by atoms with Crippen LogP contribution in [0.2, 0.25) is 0 Å². The molecule has 7 heteroatoms. The number of halogens is 3. The average molecular weight is 409 g/mol. The molecule has 1 aromatic carbocycles. The van der Waals surface area contributed by atoms with E-state index in [9.17, 15) is 18.0 Å². The van der Waals surface area contributed by atoms with E-state index in [-0.39, 0.29) is 6.42 Å². The highest BCUT2D eigenvalue weighted by atomic mass is 19.4. The first-order valence-corrected chi connectivity index (χ1v) is 9.32. The molecule has 4 nitrogen and oxygen atoms in total. The van der Waals surface area contributed by atoms with E-state index in [0.29, 0.717) is 29.3 Å². The Morgan fingerprint density at radius 1 is 1.28 bits per heavy atom. The topological polar surface area (TPSA) is 47.6 Å². The van der Waals surface area contributed by atoms with Gasteiger partial charge in [0.05, 0.1) is 32.5 Å². The number of benzene rings is 1. The van der Waals surface area contributed by atoms with Gasteiger partial charge in [0, 0.05) is 12.6 Å². The van der Waals surface area contributed by atoms with Gasteiger partial charge >= 0.3 is 12.1 Å². The molecule has 0 aliphatic heterocycles.